The Labute approximate surface area is 135 Å². The molecule has 4 N–H and O–H groups in total. The molecule has 0 fully saturated rings. The van der Waals surface area contributed by atoms with Crippen LogP contribution in [0, 0.1) is 0 Å². The van der Waals surface area contributed by atoms with Gasteiger partial charge < -0.3 is 16.2 Å². The molecular weight excluding hydrogens is 311 g/mol. The van der Waals surface area contributed by atoms with Gasteiger partial charge in [-0.1, -0.05) is 24.3 Å². The first-order valence-electron chi connectivity index (χ1n) is 6.95. The number of aliphatic carboxylic acids is 1. The molecule has 0 aromatic heterocycles. The number of nitrogens with one attached hydrogen (secondary N) is 1. The van der Waals surface area contributed by atoms with Gasteiger partial charge in [-0.25, -0.2) is 0 Å². The van der Waals surface area contributed by atoms with Crippen molar-refractivity contribution in [1.29, 1.82) is 0 Å². The fourth-order valence-corrected chi connectivity index (χ4v) is 2.47. The molecule has 0 radical (unpaired) electrons. The maximum absolute atomic E-state index is 11.0. The molecule has 0 saturated heterocycles. The Hall–Kier alpha value is -0.810. The predicted molar refractivity (Wildman–Crippen MR) is 87.3 cm³/mol. The van der Waals surface area contributed by atoms with E-state index in [9.17, 15) is 4.79 Å². The summed E-state index contributed by atoms with van der Waals surface area (Å²) in [6, 6.07) is 7.89. The van der Waals surface area contributed by atoms with Gasteiger partial charge in [0.25, 0.3) is 0 Å². The molecule has 0 amide bonds. The summed E-state index contributed by atoms with van der Waals surface area (Å²) in [5, 5.41) is 12.0. The van der Waals surface area contributed by atoms with Crippen molar-refractivity contribution in [3.05, 3.63) is 35.4 Å². The molecule has 1 aliphatic carbocycles. The lowest BCUT2D eigenvalue weighted by atomic mass is 9.79. The third-order valence-corrected chi connectivity index (χ3v) is 3.81. The zero-order chi connectivity index (χ0) is 15.7. The van der Waals surface area contributed by atoms with Crippen molar-refractivity contribution in [3.8, 4) is 0 Å². The third kappa shape index (κ3) is 5.83. The largest absolute Gasteiger partial charge is 0.480 e. The maximum atomic E-state index is 11.0. The molecule has 4 nitrogen and oxygen atoms in total. The van der Waals surface area contributed by atoms with E-state index < -0.39 is 11.5 Å². The Morgan fingerprint density at radius 1 is 1.24 bits per heavy atom. The molecule has 0 aliphatic heterocycles. The minimum absolute atomic E-state index is 0.443. The second kappa shape index (κ2) is 9.26. The van der Waals surface area contributed by atoms with Crippen LogP contribution in [0.4, 0.5) is 0 Å². The number of halogens is 2. The first-order chi connectivity index (χ1) is 10.0. The van der Waals surface area contributed by atoms with Gasteiger partial charge in [0.15, 0.2) is 0 Å². The van der Waals surface area contributed by atoms with Crippen molar-refractivity contribution < 1.29 is 9.90 Å². The molecule has 0 heterocycles. The molecule has 1 aromatic carbocycles. The van der Waals surface area contributed by atoms with Crippen molar-refractivity contribution >= 4 is 29.2 Å². The minimum atomic E-state index is -1.06. The number of rotatable bonds is 5. The first kappa shape index (κ1) is 18.2. The Morgan fingerprint density at radius 2 is 1.81 bits per heavy atom. The summed E-state index contributed by atoms with van der Waals surface area (Å²) in [5.41, 5.74) is 7.06. The zero-order valence-corrected chi connectivity index (χ0v) is 13.5. The standard InChI is InChI=1S/C11H13NO2.C4H9Cl2N/c12-11(10(13)14)6-5-8-3-1-2-4-9(8)7-11;5-1-3-7-4-2-6/h1-4H,5-7,12H2,(H,13,14);7H,1-4H2. The van der Waals surface area contributed by atoms with Gasteiger partial charge in [-0.2, -0.15) is 0 Å². The van der Waals surface area contributed by atoms with Gasteiger partial charge in [-0.15, -0.1) is 23.2 Å². The summed E-state index contributed by atoms with van der Waals surface area (Å²) >= 11 is 10.7. The number of hydrogen-bond donors (Lipinski definition) is 3. The normalized spacial score (nSPS) is 20.1. The number of nitrogens with two attached hydrogens (primary N) is 1. The second-order valence-corrected chi connectivity index (χ2v) is 5.79. The molecular formula is C15H22Cl2N2O2. The number of carbonyl (C=O) groups is 1. The number of aryl methyl sites for hydroxylation is 1. The van der Waals surface area contributed by atoms with Crippen LogP contribution in [0.25, 0.3) is 0 Å². The topological polar surface area (TPSA) is 75.3 Å². The zero-order valence-electron chi connectivity index (χ0n) is 11.9. The number of fused-ring (bicyclic) bond motifs is 1. The monoisotopic (exact) mass is 332 g/mol. The summed E-state index contributed by atoms with van der Waals surface area (Å²) in [7, 11) is 0. The number of alkyl halides is 2. The number of benzene rings is 1. The molecule has 1 atom stereocenters. The highest BCUT2D eigenvalue weighted by atomic mass is 35.5. The van der Waals surface area contributed by atoms with Crippen molar-refractivity contribution in [2.75, 3.05) is 24.8 Å². The highest BCUT2D eigenvalue weighted by Gasteiger charge is 2.37. The van der Waals surface area contributed by atoms with Gasteiger partial charge in [0, 0.05) is 31.3 Å². The van der Waals surface area contributed by atoms with E-state index in [0.717, 1.165) is 25.1 Å². The van der Waals surface area contributed by atoms with Gasteiger partial charge in [0.05, 0.1) is 0 Å². The summed E-state index contributed by atoms with van der Waals surface area (Å²) in [6.07, 6.45) is 1.73. The summed E-state index contributed by atoms with van der Waals surface area (Å²) < 4.78 is 0. The van der Waals surface area contributed by atoms with E-state index in [4.69, 9.17) is 34.0 Å². The molecule has 1 aromatic rings. The van der Waals surface area contributed by atoms with Crippen molar-refractivity contribution in [1.82, 2.24) is 5.32 Å². The fourth-order valence-electron chi connectivity index (χ4n) is 2.20. The molecule has 1 aliphatic rings. The Balaban J connectivity index is 0.000000270. The van der Waals surface area contributed by atoms with E-state index in [1.165, 1.54) is 5.56 Å². The van der Waals surface area contributed by atoms with Gasteiger partial charge in [0.1, 0.15) is 5.54 Å². The average Bonchev–Trinajstić information content (AvgIpc) is 2.48. The Kier molecular flexibility index (Phi) is 8.04. The first-order valence-corrected chi connectivity index (χ1v) is 8.02. The number of carboxylic acid groups (broad SMARTS) is 1. The summed E-state index contributed by atoms with van der Waals surface area (Å²) in [6.45, 7) is 1.71. The van der Waals surface area contributed by atoms with E-state index in [2.05, 4.69) is 5.32 Å². The van der Waals surface area contributed by atoms with Crippen LogP contribution in [-0.4, -0.2) is 41.5 Å². The van der Waals surface area contributed by atoms with Crippen LogP contribution >= 0.6 is 23.2 Å². The van der Waals surface area contributed by atoms with E-state index in [0.29, 0.717) is 24.6 Å². The van der Waals surface area contributed by atoms with Crippen LogP contribution < -0.4 is 11.1 Å². The van der Waals surface area contributed by atoms with Crippen molar-refractivity contribution in [2.45, 2.75) is 24.8 Å². The van der Waals surface area contributed by atoms with Crippen LogP contribution in [-0.2, 0) is 17.6 Å². The highest BCUT2D eigenvalue weighted by Crippen LogP contribution is 2.26. The van der Waals surface area contributed by atoms with Crippen molar-refractivity contribution in [2.24, 2.45) is 5.73 Å². The molecule has 0 saturated carbocycles. The van der Waals surface area contributed by atoms with Crippen LogP contribution in [0.5, 0.6) is 0 Å². The molecule has 21 heavy (non-hydrogen) atoms. The van der Waals surface area contributed by atoms with Gasteiger partial charge in [-0.3, -0.25) is 4.79 Å². The maximum Gasteiger partial charge on any atom is 0.324 e. The van der Waals surface area contributed by atoms with Gasteiger partial charge >= 0.3 is 5.97 Å². The molecule has 2 rings (SSSR count). The molecule has 0 bridgehead atoms. The van der Waals surface area contributed by atoms with Crippen LogP contribution in [0.1, 0.15) is 17.5 Å². The lowest BCUT2D eigenvalue weighted by Crippen LogP contribution is -2.52. The minimum Gasteiger partial charge on any atom is -0.480 e. The van der Waals surface area contributed by atoms with Gasteiger partial charge in [-0.05, 0) is 24.0 Å². The third-order valence-electron chi connectivity index (χ3n) is 3.43. The smallest absolute Gasteiger partial charge is 0.324 e. The summed E-state index contributed by atoms with van der Waals surface area (Å²) in [4.78, 5) is 11.0. The SMILES string of the molecule is ClCCNCCCl.NC1(C(=O)O)CCc2ccccc2C1. The average molecular weight is 333 g/mol. The van der Waals surface area contributed by atoms with Crippen LogP contribution in [0.15, 0.2) is 24.3 Å². The molecule has 1 unspecified atom stereocenters. The lowest BCUT2D eigenvalue weighted by molar-refractivity contribution is -0.143. The summed E-state index contributed by atoms with van der Waals surface area (Å²) in [5.74, 6) is 0.431. The Bertz CT molecular complexity index is 453. The van der Waals surface area contributed by atoms with Crippen molar-refractivity contribution in [3.63, 3.8) is 0 Å². The molecule has 0 spiro atoms. The number of hydrogen-bond acceptors (Lipinski definition) is 3. The quantitative estimate of drug-likeness (QED) is 0.569. The highest BCUT2D eigenvalue weighted by molar-refractivity contribution is 6.18. The molecule has 118 valence electrons. The van der Waals surface area contributed by atoms with Crippen LogP contribution in [0.3, 0.4) is 0 Å². The van der Waals surface area contributed by atoms with Crippen LogP contribution in [0.2, 0.25) is 0 Å². The van der Waals surface area contributed by atoms with E-state index >= 15 is 0 Å². The second-order valence-electron chi connectivity index (χ2n) is 5.03. The van der Waals surface area contributed by atoms with E-state index in [1.54, 1.807) is 0 Å². The number of carboxylic acids is 1. The Morgan fingerprint density at radius 3 is 2.33 bits per heavy atom. The van der Waals surface area contributed by atoms with Gasteiger partial charge in [0.2, 0.25) is 0 Å². The lowest BCUT2D eigenvalue weighted by Gasteiger charge is -2.30. The fraction of sp³-hybridized carbons (Fsp3) is 0.533. The van der Waals surface area contributed by atoms with E-state index in [-0.39, 0.29) is 0 Å². The molecule has 6 heteroatoms. The predicted octanol–water partition coefficient (Wildman–Crippen LogP) is 2.01. The van der Waals surface area contributed by atoms with E-state index in [1.807, 2.05) is 24.3 Å².